The van der Waals surface area contributed by atoms with E-state index in [-0.39, 0.29) is 17.8 Å². The monoisotopic (exact) mass is 222 g/mol. The van der Waals surface area contributed by atoms with E-state index >= 15 is 0 Å². The van der Waals surface area contributed by atoms with Crippen molar-refractivity contribution in [2.75, 3.05) is 18.9 Å². The van der Waals surface area contributed by atoms with Crippen LogP contribution in [0.1, 0.15) is 12.0 Å². The lowest BCUT2D eigenvalue weighted by Gasteiger charge is -2.15. The molecule has 1 aromatic carbocycles. The Morgan fingerprint density at radius 1 is 1.50 bits per heavy atom. The van der Waals surface area contributed by atoms with Gasteiger partial charge in [-0.15, -0.1) is 0 Å². The molecule has 0 bridgehead atoms. The summed E-state index contributed by atoms with van der Waals surface area (Å²) in [5.41, 5.74) is 1.65. The SMILES string of the molecule is Cc1ccc(F)cc1NC1CCN(C)C1=O. The molecular weight excluding hydrogens is 207 g/mol. The van der Waals surface area contributed by atoms with Crippen LogP contribution in [0.2, 0.25) is 0 Å². The average Bonchev–Trinajstić information content (AvgIpc) is 2.55. The number of nitrogens with zero attached hydrogens (tertiary/aromatic N) is 1. The molecule has 4 heteroatoms. The minimum absolute atomic E-state index is 0.0728. The third-order valence-corrected chi connectivity index (χ3v) is 2.96. The first-order chi connectivity index (χ1) is 7.58. The van der Waals surface area contributed by atoms with E-state index in [4.69, 9.17) is 0 Å². The highest BCUT2D eigenvalue weighted by Crippen LogP contribution is 2.20. The number of benzene rings is 1. The van der Waals surface area contributed by atoms with E-state index in [0.29, 0.717) is 5.69 Å². The van der Waals surface area contributed by atoms with E-state index in [2.05, 4.69) is 5.32 Å². The Morgan fingerprint density at radius 3 is 2.88 bits per heavy atom. The number of carbonyl (C=O) groups excluding carboxylic acids is 1. The van der Waals surface area contributed by atoms with E-state index in [1.807, 2.05) is 6.92 Å². The Bertz CT molecular complexity index is 419. The first-order valence-corrected chi connectivity index (χ1v) is 5.35. The van der Waals surface area contributed by atoms with Crippen molar-refractivity contribution >= 4 is 11.6 Å². The number of halogens is 1. The zero-order valence-electron chi connectivity index (χ0n) is 9.46. The first-order valence-electron chi connectivity index (χ1n) is 5.35. The highest BCUT2D eigenvalue weighted by atomic mass is 19.1. The van der Waals surface area contributed by atoms with Crippen LogP contribution in [0.5, 0.6) is 0 Å². The highest BCUT2D eigenvalue weighted by Gasteiger charge is 2.28. The standard InChI is InChI=1S/C12H15FN2O/c1-8-3-4-9(13)7-11(8)14-10-5-6-15(2)12(10)16/h3-4,7,10,14H,5-6H2,1-2H3. The number of nitrogens with one attached hydrogen (secondary N) is 1. The maximum Gasteiger partial charge on any atom is 0.244 e. The smallest absolute Gasteiger partial charge is 0.244 e. The number of carbonyl (C=O) groups is 1. The Balaban J connectivity index is 2.15. The Hall–Kier alpha value is -1.58. The van der Waals surface area contributed by atoms with Gasteiger partial charge in [0.2, 0.25) is 5.91 Å². The van der Waals surface area contributed by atoms with Crippen molar-refractivity contribution < 1.29 is 9.18 Å². The van der Waals surface area contributed by atoms with Crippen LogP contribution in [-0.2, 0) is 4.79 Å². The normalized spacial score (nSPS) is 20.3. The molecule has 0 aliphatic carbocycles. The molecule has 2 rings (SSSR count). The number of aryl methyl sites for hydroxylation is 1. The van der Waals surface area contributed by atoms with Gasteiger partial charge in [-0.25, -0.2) is 4.39 Å². The highest BCUT2D eigenvalue weighted by molar-refractivity contribution is 5.86. The van der Waals surface area contributed by atoms with Gasteiger partial charge in [0.15, 0.2) is 0 Å². The number of hydrogen-bond acceptors (Lipinski definition) is 2. The van der Waals surface area contributed by atoms with Gasteiger partial charge in [-0.2, -0.15) is 0 Å². The second kappa shape index (κ2) is 4.12. The molecule has 1 heterocycles. The summed E-state index contributed by atoms with van der Waals surface area (Å²) in [5, 5.41) is 3.10. The van der Waals surface area contributed by atoms with Crippen molar-refractivity contribution in [3.63, 3.8) is 0 Å². The molecule has 0 saturated carbocycles. The predicted molar refractivity (Wildman–Crippen MR) is 60.8 cm³/mol. The molecule has 1 atom stereocenters. The number of anilines is 1. The fourth-order valence-corrected chi connectivity index (χ4v) is 1.89. The fraction of sp³-hybridized carbons (Fsp3) is 0.417. The van der Waals surface area contributed by atoms with Crippen molar-refractivity contribution in [1.29, 1.82) is 0 Å². The largest absolute Gasteiger partial charge is 0.373 e. The molecule has 86 valence electrons. The van der Waals surface area contributed by atoms with Crippen molar-refractivity contribution in [3.05, 3.63) is 29.6 Å². The summed E-state index contributed by atoms with van der Waals surface area (Å²) in [7, 11) is 1.78. The second-order valence-electron chi connectivity index (χ2n) is 4.20. The van der Waals surface area contributed by atoms with Gasteiger partial charge >= 0.3 is 0 Å². The molecule has 0 spiro atoms. The van der Waals surface area contributed by atoms with Crippen LogP contribution < -0.4 is 5.32 Å². The Labute approximate surface area is 94.3 Å². The quantitative estimate of drug-likeness (QED) is 0.827. The molecule has 1 fully saturated rings. The predicted octanol–water partition coefficient (Wildman–Crippen LogP) is 1.78. The average molecular weight is 222 g/mol. The summed E-state index contributed by atoms with van der Waals surface area (Å²) in [6.45, 7) is 2.65. The minimum Gasteiger partial charge on any atom is -0.373 e. The summed E-state index contributed by atoms with van der Waals surface area (Å²) in [6.07, 6.45) is 0.769. The van der Waals surface area contributed by atoms with Crippen LogP contribution in [0.4, 0.5) is 10.1 Å². The maximum atomic E-state index is 13.1. The van der Waals surface area contributed by atoms with E-state index in [9.17, 15) is 9.18 Å². The minimum atomic E-state index is -0.285. The second-order valence-corrected chi connectivity index (χ2v) is 4.20. The van der Waals surface area contributed by atoms with Crippen molar-refractivity contribution in [2.45, 2.75) is 19.4 Å². The topological polar surface area (TPSA) is 32.3 Å². The molecule has 3 nitrogen and oxygen atoms in total. The Morgan fingerprint density at radius 2 is 2.25 bits per heavy atom. The van der Waals surface area contributed by atoms with Gasteiger partial charge in [-0.3, -0.25) is 4.79 Å². The molecule has 0 aromatic heterocycles. The van der Waals surface area contributed by atoms with Gasteiger partial charge < -0.3 is 10.2 Å². The molecule has 1 aliphatic rings. The Kier molecular flexibility index (Phi) is 2.81. The lowest BCUT2D eigenvalue weighted by atomic mass is 10.1. The van der Waals surface area contributed by atoms with Gasteiger partial charge in [-0.1, -0.05) is 6.07 Å². The van der Waals surface area contributed by atoms with Crippen molar-refractivity contribution in [1.82, 2.24) is 4.90 Å². The molecule has 0 radical (unpaired) electrons. The molecule has 1 saturated heterocycles. The van der Waals surface area contributed by atoms with Crippen molar-refractivity contribution in [2.24, 2.45) is 0 Å². The molecule has 1 aliphatic heterocycles. The van der Waals surface area contributed by atoms with Crippen molar-refractivity contribution in [3.8, 4) is 0 Å². The summed E-state index contributed by atoms with van der Waals surface area (Å²) in [6, 6.07) is 4.34. The van der Waals surface area contributed by atoms with E-state index in [0.717, 1.165) is 18.5 Å². The molecule has 1 N–H and O–H groups in total. The molecule has 1 unspecified atom stereocenters. The van der Waals surface area contributed by atoms with Gasteiger partial charge in [0.05, 0.1) is 0 Å². The zero-order chi connectivity index (χ0) is 11.7. The summed E-state index contributed by atoms with van der Waals surface area (Å²) >= 11 is 0. The molecule has 1 amide bonds. The number of amides is 1. The van der Waals surface area contributed by atoms with E-state index in [1.54, 1.807) is 18.0 Å². The van der Waals surface area contributed by atoms with Gasteiger partial charge in [0, 0.05) is 19.3 Å². The number of hydrogen-bond donors (Lipinski definition) is 1. The summed E-state index contributed by atoms with van der Waals surface area (Å²) in [5.74, 6) is -0.212. The first kappa shape index (κ1) is 10.9. The molecular formula is C12H15FN2O. The van der Waals surface area contributed by atoms with Crippen LogP contribution in [0.25, 0.3) is 0 Å². The maximum absolute atomic E-state index is 13.1. The summed E-state index contributed by atoms with van der Waals surface area (Å²) in [4.78, 5) is 13.4. The van der Waals surface area contributed by atoms with Gasteiger partial charge in [0.1, 0.15) is 11.9 Å². The lowest BCUT2D eigenvalue weighted by molar-refractivity contribution is -0.127. The molecule has 1 aromatic rings. The van der Waals surface area contributed by atoms with Crippen LogP contribution in [0.15, 0.2) is 18.2 Å². The number of likely N-dealkylation sites (tertiary alicyclic amines) is 1. The fourth-order valence-electron chi connectivity index (χ4n) is 1.89. The van der Waals surface area contributed by atoms with Crippen LogP contribution >= 0.6 is 0 Å². The van der Waals surface area contributed by atoms with Gasteiger partial charge in [0.25, 0.3) is 0 Å². The van der Waals surface area contributed by atoms with Crippen LogP contribution in [0.3, 0.4) is 0 Å². The van der Waals surface area contributed by atoms with Gasteiger partial charge in [-0.05, 0) is 31.0 Å². The van der Waals surface area contributed by atoms with E-state index in [1.165, 1.54) is 12.1 Å². The van der Waals surface area contributed by atoms with Crippen LogP contribution in [0, 0.1) is 12.7 Å². The lowest BCUT2D eigenvalue weighted by Crippen LogP contribution is -2.31. The number of rotatable bonds is 2. The summed E-state index contributed by atoms with van der Waals surface area (Å²) < 4.78 is 13.1. The third kappa shape index (κ3) is 2.01. The zero-order valence-corrected chi connectivity index (χ0v) is 9.46. The molecule has 16 heavy (non-hydrogen) atoms. The third-order valence-electron chi connectivity index (χ3n) is 2.96. The van der Waals surface area contributed by atoms with E-state index < -0.39 is 0 Å². The van der Waals surface area contributed by atoms with Crippen LogP contribution in [-0.4, -0.2) is 30.4 Å². The number of likely N-dealkylation sites (N-methyl/N-ethyl adjacent to an activating group) is 1.